The number of benzene rings is 2. The third-order valence-corrected chi connectivity index (χ3v) is 5.54. The Morgan fingerprint density at radius 3 is 2.55 bits per heavy atom. The van der Waals surface area contributed by atoms with E-state index in [0.29, 0.717) is 18.0 Å². The minimum atomic E-state index is -0.779. The Hall–Kier alpha value is -3.55. The minimum absolute atomic E-state index is 0.137. The summed E-state index contributed by atoms with van der Waals surface area (Å²) in [5.41, 5.74) is -0.659. The van der Waals surface area contributed by atoms with E-state index >= 15 is 0 Å². The maximum atomic E-state index is 14.2. The lowest BCUT2D eigenvalue weighted by molar-refractivity contribution is 0.0941. The van der Waals surface area contributed by atoms with Crippen LogP contribution in [0.2, 0.25) is 0 Å². The van der Waals surface area contributed by atoms with Crippen molar-refractivity contribution in [1.82, 2.24) is 19.7 Å². The molecule has 0 spiro atoms. The van der Waals surface area contributed by atoms with Crippen LogP contribution in [0.25, 0.3) is 5.69 Å². The summed E-state index contributed by atoms with van der Waals surface area (Å²) in [5.74, 6) is -0.751. The van der Waals surface area contributed by atoms with E-state index in [1.54, 1.807) is 38.1 Å². The van der Waals surface area contributed by atoms with Gasteiger partial charge in [-0.15, -0.1) is 0 Å². The molecule has 160 valence electrons. The van der Waals surface area contributed by atoms with Gasteiger partial charge in [0.1, 0.15) is 5.82 Å². The van der Waals surface area contributed by atoms with Crippen molar-refractivity contribution in [1.29, 1.82) is 0 Å². The summed E-state index contributed by atoms with van der Waals surface area (Å²) >= 11 is 0. The van der Waals surface area contributed by atoms with Crippen molar-refractivity contribution in [3.63, 3.8) is 0 Å². The molecule has 2 aromatic carbocycles. The van der Waals surface area contributed by atoms with Gasteiger partial charge in [-0.3, -0.25) is 9.59 Å². The first-order valence-electron chi connectivity index (χ1n) is 10.2. The quantitative estimate of drug-likeness (QED) is 0.662. The molecule has 1 aliphatic rings. The van der Waals surface area contributed by atoms with Crippen LogP contribution in [0.3, 0.4) is 0 Å². The summed E-state index contributed by atoms with van der Waals surface area (Å²) in [6.07, 6.45) is 2.07. The van der Waals surface area contributed by atoms with Crippen molar-refractivity contribution in [2.24, 2.45) is 5.92 Å². The molecule has 1 N–H and O–H groups in total. The van der Waals surface area contributed by atoms with Gasteiger partial charge in [0.25, 0.3) is 11.5 Å². The second-order valence-corrected chi connectivity index (χ2v) is 7.89. The third-order valence-electron chi connectivity index (χ3n) is 5.54. The SMILES string of the molecule is Cc1ccc(-n2nc(C(=O)NCC3CC3)c(=O)n(C(C)c3ccccc3)c2=O)cc1F. The fourth-order valence-corrected chi connectivity index (χ4v) is 3.38. The molecule has 3 aromatic rings. The fourth-order valence-electron chi connectivity index (χ4n) is 3.38. The van der Waals surface area contributed by atoms with Crippen molar-refractivity contribution in [2.75, 3.05) is 6.54 Å². The van der Waals surface area contributed by atoms with Gasteiger partial charge < -0.3 is 5.32 Å². The van der Waals surface area contributed by atoms with Crippen LogP contribution >= 0.6 is 0 Å². The number of nitrogens with zero attached hydrogens (tertiary/aromatic N) is 3. The van der Waals surface area contributed by atoms with Gasteiger partial charge in [0.15, 0.2) is 0 Å². The molecule has 0 bridgehead atoms. The number of nitrogens with one attached hydrogen (secondary N) is 1. The molecule has 0 saturated heterocycles. The van der Waals surface area contributed by atoms with E-state index in [2.05, 4.69) is 10.4 Å². The zero-order valence-electron chi connectivity index (χ0n) is 17.3. The summed E-state index contributed by atoms with van der Waals surface area (Å²) in [6, 6.07) is 12.6. The van der Waals surface area contributed by atoms with Crippen molar-refractivity contribution in [3.8, 4) is 5.69 Å². The maximum Gasteiger partial charge on any atom is 0.352 e. The molecule has 1 amide bonds. The molecule has 1 unspecified atom stereocenters. The Kier molecular flexibility index (Phi) is 5.54. The van der Waals surface area contributed by atoms with Crippen LogP contribution in [-0.4, -0.2) is 26.8 Å². The first-order valence-corrected chi connectivity index (χ1v) is 10.2. The van der Waals surface area contributed by atoms with Gasteiger partial charge in [-0.25, -0.2) is 13.8 Å². The van der Waals surface area contributed by atoms with E-state index in [9.17, 15) is 18.8 Å². The van der Waals surface area contributed by atoms with Crippen LogP contribution in [0.4, 0.5) is 4.39 Å². The Morgan fingerprint density at radius 1 is 1.19 bits per heavy atom. The molecule has 1 aromatic heterocycles. The first-order chi connectivity index (χ1) is 14.9. The Bertz CT molecular complexity index is 1250. The van der Waals surface area contributed by atoms with Gasteiger partial charge in [-0.05, 0) is 49.8 Å². The molecule has 1 saturated carbocycles. The van der Waals surface area contributed by atoms with Crippen LogP contribution in [-0.2, 0) is 0 Å². The molecule has 1 aliphatic carbocycles. The predicted molar refractivity (Wildman–Crippen MR) is 114 cm³/mol. The molecular formula is C23H23FN4O3. The highest BCUT2D eigenvalue weighted by molar-refractivity contribution is 5.91. The van der Waals surface area contributed by atoms with Gasteiger partial charge >= 0.3 is 5.69 Å². The van der Waals surface area contributed by atoms with E-state index in [4.69, 9.17) is 0 Å². The first kappa shape index (κ1) is 20.7. The molecule has 0 aliphatic heterocycles. The Morgan fingerprint density at radius 2 is 1.90 bits per heavy atom. The van der Waals surface area contributed by atoms with E-state index in [-0.39, 0.29) is 5.69 Å². The highest BCUT2D eigenvalue weighted by Gasteiger charge is 2.26. The minimum Gasteiger partial charge on any atom is -0.350 e. The van der Waals surface area contributed by atoms with Gasteiger partial charge in [-0.1, -0.05) is 36.4 Å². The molecule has 1 fully saturated rings. The lowest BCUT2D eigenvalue weighted by atomic mass is 10.1. The van der Waals surface area contributed by atoms with Gasteiger partial charge in [0.2, 0.25) is 5.69 Å². The second-order valence-electron chi connectivity index (χ2n) is 7.89. The normalized spacial score (nSPS) is 14.3. The fraction of sp³-hybridized carbons (Fsp3) is 0.304. The largest absolute Gasteiger partial charge is 0.352 e. The summed E-state index contributed by atoms with van der Waals surface area (Å²) in [5, 5.41) is 6.76. The number of rotatable bonds is 6. The summed E-state index contributed by atoms with van der Waals surface area (Å²) < 4.78 is 16.1. The molecule has 1 atom stereocenters. The Balaban J connectivity index is 1.88. The molecular weight excluding hydrogens is 399 g/mol. The monoisotopic (exact) mass is 422 g/mol. The Labute approximate surface area is 178 Å². The number of hydrogen-bond donors (Lipinski definition) is 1. The molecule has 31 heavy (non-hydrogen) atoms. The average molecular weight is 422 g/mol. The highest BCUT2D eigenvalue weighted by atomic mass is 19.1. The zero-order valence-corrected chi connectivity index (χ0v) is 17.3. The number of carbonyl (C=O) groups excluding carboxylic acids is 1. The van der Waals surface area contributed by atoms with E-state index in [1.807, 2.05) is 6.07 Å². The third kappa shape index (κ3) is 4.19. The highest BCUT2D eigenvalue weighted by Crippen LogP contribution is 2.27. The number of amides is 1. The zero-order chi connectivity index (χ0) is 22.1. The van der Waals surface area contributed by atoms with Crippen molar-refractivity contribution in [2.45, 2.75) is 32.7 Å². The van der Waals surface area contributed by atoms with E-state index in [0.717, 1.165) is 33.7 Å². The van der Waals surface area contributed by atoms with Gasteiger partial charge in [-0.2, -0.15) is 9.78 Å². The number of carbonyl (C=O) groups is 1. The number of hydrogen-bond acceptors (Lipinski definition) is 4. The predicted octanol–water partition coefficient (Wildman–Crippen LogP) is 2.59. The van der Waals surface area contributed by atoms with E-state index in [1.165, 1.54) is 12.1 Å². The van der Waals surface area contributed by atoms with Crippen LogP contribution < -0.4 is 16.6 Å². The van der Waals surface area contributed by atoms with Gasteiger partial charge in [0, 0.05) is 12.6 Å². The summed E-state index contributed by atoms with van der Waals surface area (Å²) in [4.78, 5) is 39.2. The van der Waals surface area contributed by atoms with Crippen LogP contribution in [0.1, 0.15) is 47.4 Å². The standard InChI is InChI=1S/C23H23FN4O3/c1-14-8-11-18(12-19(14)24)28-23(31)27(15(2)17-6-4-3-5-7-17)22(30)20(26-28)21(29)25-13-16-9-10-16/h3-8,11-12,15-16H,9-10,13H2,1-2H3,(H,25,29). The molecule has 8 heteroatoms. The maximum absolute atomic E-state index is 14.2. The number of aryl methyl sites for hydroxylation is 1. The summed E-state index contributed by atoms with van der Waals surface area (Å²) in [7, 11) is 0. The number of aromatic nitrogens is 3. The van der Waals surface area contributed by atoms with Gasteiger partial charge in [0.05, 0.1) is 11.7 Å². The lowest BCUT2D eigenvalue weighted by Gasteiger charge is -2.18. The molecule has 4 rings (SSSR count). The molecule has 1 heterocycles. The van der Waals surface area contributed by atoms with Crippen molar-refractivity contribution in [3.05, 3.63) is 92.0 Å². The van der Waals surface area contributed by atoms with Crippen molar-refractivity contribution >= 4 is 5.91 Å². The lowest BCUT2D eigenvalue weighted by Crippen LogP contribution is -2.47. The average Bonchev–Trinajstić information content (AvgIpc) is 3.59. The summed E-state index contributed by atoms with van der Waals surface area (Å²) in [6.45, 7) is 3.75. The van der Waals surface area contributed by atoms with Crippen LogP contribution in [0.5, 0.6) is 0 Å². The molecule has 7 nitrogen and oxygen atoms in total. The second kappa shape index (κ2) is 8.29. The number of halogens is 1. The smallest absolute Gasteiger partial charge is 0.350 e. The van der Waals surface area contributed by atoms with Crippen LogP contribution in [0, 0.1) is 18.7 Å². The van der Waals surface area contributed by atoms with Crippen LogP contribution in [0.15, 0.2) is 58.1 Å². The molecule has 0 radical (unpaired) electrons. The van der Waals surface area contributed by atoms with E-state index < -0.39 is 34.7 Å². The topological polar surface area (TPSA) is 86.0 Å². The van der Waals surface area contributed by atoms with Crippen molar-refractivity contribution < 1.29 is 9.18 Å².